The van der Waals surface area contributed by atoms with E-state index in [2.05, 4.69) is 4.98 Å². The number of nitrogens with zero attached hydrogens (tertiary/aromatic N) is 1. The Hall–Kier alpha value is -2.37. The predicted molar refractivity (Wildman–Crippen MR) is 89.8 cm³/mol. The molecule has 0 aliphatic carbocycles. The van der Waals surface area contributed by atoms with Gasteiger partial charge in [-0.1, -0.05) is 29.8 Å². The van der Waals surface area contributed by atoms with E-state index < -0.39 is 5.97 Å². The summed E-state index contributed by atoms with van der Waals surface area (Å²) in [5.74, 6) is -0.472. The average Bonchev–Trinajstić information content (AvgIpc) is 3.02. The van der Waals surface area contributed by atoms with Crippen molar-refractivity contribution in [3.05, 3.63) is 70.2 Å². The van der Waals surface area contributed by atoms with Crippen LogP contribution in [0.4, 0.5) is 0 Å². The first-order chi connectivity index (χ1) is 11.1. The number of phenolic OH excluding ortho intramolecular Hbond substituents is 1. The molecule has 0 saturated heterocycles. The topological polar surface area (TPSA) is 59.4 Å². The molecule has 116 valence electrons. The fourth-order valence-electron chi connectivity index (χ4n) is 1.95. The van der Waals surface area contributed by atoms with Gasteiger partial charge in [0.25, 0.3) is 0 Å². The molecule has 3 aromatic rings. The van der Waals surface area contributed by atoms with Gasteiger partial charge in [-0.15, -0.1) is 11.3 Å². The maximum absolute atomic E-state index is 11.9. The van der Waals surface area contributed by atoms with Gasteiger partial charge in [0.05, 0.1) is 11.3 Å². The second-order valence-electron chi connectivity index (χ2n) is 4.78. The fraction of sp³-hybridized carbons (Fsp3) is 0.0588. The van der Waals surface area contributed by atoms with Crippen LogP contribution in [0.3, 0.4) is 0 Å². The minimum atomic E-state index is -0.498. The first-order valence-corrected chi connectivity index (χ1v) is 8.04. The second-order valence-corrected chi connectivity index (χ2v) is 6.07. The zero-order valence-corrected chi connectivity index (χ0v) is 13.5. The molecule has 4 nitrogen and oxygen atoms in total. The summed E-state index contributed by atoms with van der Waals surface area (Å²) < 4.78 is 5.21. The minimum absolute atomic E-state index is 0.0260. The lowest BCUT2D eigenvalue weighted by Gasteiger charge is -2.03. The Kier molecular flexibility index (Phi) is 4.60. The quantitative estimate of drug-likeness (QED) is 0.706. The fourth-order valence-corrected chi connectivity index (χ4v) is 2.89. The van der Waals surface area contributed by atoms with Gasteiger partial charge in [0, 0.05) is 16.0 Å². The number of ether oxygens (including phenoxy) is 1. The van der Waals surface area contributed by atoms with E-state index >= 15 is 0 Å². The number of halogens is 1. The van der Waals surface area contributed by atoms with Crippen molar-refractivity contribution in [2.45, 2.75) is 6.61 Å². The van der Waals surface area contributed by atoms with Crippen molar-refractivity contribution in [2.75, 3.05) is 0 Å². The van der Waals surface area contributed by atoms with E-state index in [1.807, 2.05) is 17.5 Å². The lowest BCUT2D eigenvalue weighted by molar-refractivity contribution is 0.0468. The summed E-state index contributed by atoms with van der Waals surface area (Å²) in [5, 5.41) is 12.7. The molecule has 3 rings (SSSR count). The number of carbonyl (C=O) groups excluding carboxylic acids is 1. The largest absolute Gasteiger partial charge is 0.508 e. The molecule has 0 spiro atoms. The van der Waals surface area contributed by atoms with Gasteiger partial charge in [-0.25, -0.2) is 9.78 Å². The summed E-state index contributed by atoms with van der Waals surface area (Å²) in [6.45, 7) is 0.0819. The number of hydrogen-bond acceptors (Lipinski definition) is 5. The predicted octanol–water partition coefficient (Wildman–Crippen LogP) is 4.53. The van der Waals surface area contributed by atoms with Crippen LogP contribution < -0.4 is 0 Å². The Balaban J connectivity index is 1.65. The van der Waals surface area contributed by atoms with Crippen molar-refractivity contribution < 1.29 is 14.6 Å². The van der Waals surface area contributed by atoms with Gasteiger partial charge in [-0.2, -0.15) is 0 Å². The standard InChI is InChI=1S/C17H12ClNO3S/c18-13-6-4-11(5-7-13)16-19-14(10-23-16)9-22-17(21)12-2-1-3-15(20)8-12/h1-8,10,20H,9H2. The van der Waals surface area contributed by atoms with Crippen LogP contribution in [0.1, 0.15) is 16.1 Å². The van der Waals surface area contributed by atoms with Crippen molar-refractivity contribution in [1.82, 2.24) is 4.98 Å². The van der Waals surface area contributed by atoms with Gasteiger partial charge in [-0.3, -0.25) is 0 Å². The van der Waals surface area contributed by atoms with Gasteiger partial charge in [-0.05, 0) is 30.3 Å². The zero-order valence-electron chi connectivity index (χ0n) is 11.9. The number of aromatic nitrogens is 1. The van der Waals surface area contributed by atoms with Crippen LogP contribution in [0.15, 0.2) is 53.9 Å². The van der Waals surface area contributed by atoms with E-state index in [0.29, 0.717) is 16.3 Å². The van der Waals surface area contributed by atoms with Crippen LogP contribution in [0.5, 0.6) is 5.75 Å². The van der Waals surface area contributed by atoms with E-state index in [1.165, 1.54) is 23.5 Å². The van der Waals surface area contributed by atoms with Gasteiger partial charge in [0.15, 0.2) is 0 Å². The Labute approximate surface area is 142 Å². The van der Waals surface area contributed by atoms with Crippen LogP contribution in [-0.2, 0) is 11.3 Å². The summed E-state index contributed by atoms with van der Waals surface area (Å²) in [6.07, 6.45) is 0. The number of thiazole rings is 1. The number of phenols is 1. The Morgan fingerprint density at radius 1 is 1.22 bits per heavy atom. The van der Waals surface area contributed by atoms with E-state index in [1.54, 1.807) is 24.3 Å². The molecule has 0 atom stereocenters. The summed E-state index contributed by atoms with van der Waals surface area (Å²) in [7, 11) is 0. The van der Waals surface area contributed by atoms with Crippen LogP contribution in [0, 0.1) is 0 Å². The molecule has 0 saturated carbocycles. The molecule has 1 heterocycles. The summed E-state index contributed by atoms with van der Waals surface area (Å²) in [4.78, 5) is 16.4. The van der Waals surface area contributed by atoms with Crippen molar-refractivity contribution >= 4 is 28.9 Å². The lowest BCUT2D eigenvalue weighted by atomic mass is 10.2. The minimum Gasteiger partial charge on any atom is -0.508 e. The van der Waals surface area contributed by atoms with Crippen molar-refractivity contribution in [2.24, 2.45) is 0 Å². The summed E-state index contributed by atoms with van der Waals surface area (Å²) in [6, 6.07) is 13.4. The van der Waals surface area contributed by atoms with Gasteiger partial charge >= 0.3 is 5.97 Å². The van der Waals surface area contributed by atoms with Gasteiger partial charge in [0.1, 0.15) is 17.4 Å². The SMILES string of the molecule is O=C(OCc1csc(-c2ccc(Cl)cc2)n1)c1cccc(O)c1. The molecule has 0 aliphatic rings. The highest BCUT2D eigenvalue weighted by molar-refractivity contribution is 7.13. The van der Waals surface area contributed by atoms with E-state index in [-0.39, 0.29) is 12.4 Å². The van der Waals surface area contributed by atoms with Gasteiger partial charge in [0.2, 0.25) is 0 Å². The first kappa shape index (κ1) is 15.5. The third-order valence-electron chi connectivity index (χ3n) is 3.08. The number of carbonyl (C=O) groups is 1. The molecule has 0 radical (unpaired) electrons. The summed E-state index contributed by atoms with van der Waals surface area (Å²) >= 11 is 7.34. The molecule has 1 N–H and O–H groups in total. The van der Waals surface area contributed by atoms with Crippen LogP contribution in [0.2, 0.25) is 5.02 Å². The molecule has 23 heavy (non-hydrogen) atoms. The smallest absolute Gasteiger partial charge is 0.338 e. The van der Waals surface area contributed by atoms with E-state index in [4.69, 9.17) is 16.3 Å². The van der Waals surface area contributed by atoms with Gasteiger partial charge < -0.3 is 9.84 Å². The number of benzene rings is 2. The zero-order chi connectivity index (χ0) is 16.2. The van der Waals surface area contributed by atoms with E-state index in [9.17, 15) is 9.90 Å². The molecular weight excluding hydrogens is 334 g/mol. The van der Waals surface area contributed by atoms with Crippen LogP contribution in [-0.4, -0.2) is 16.1 Å². The molecule has 0 bridgehead atoms. The van der Waals surface area contributed by atoms with Crippen LogP contribution >= 0.6 is 22.9 Å². The van der Waals surface area contributed by atoms with Crippen molar-refractivity contribution in [3.63, 3.8) is 0 Å². The lowest BCUT2D eigenvalue weighted by Crippen LogP contribution is -2.05. The normalized spacial score (nSPS) is 10.5. The third kappa shape index (κ3) is 3.88. The van der Waals surface area contributed by atoms with Crippen LogP contribution in [0.25, 0.3) is 10.6 Å². The molecule has 1 aromatic heterocycles. The van der Waals surface area contributed by atoms with E-state index in [0.717, 1.165) is 10.6 Å². The highest BCUT2D eigenvalue weighted by atomic mass is 35.5. The number of hydrogen-bond donors (Lipinski definition) is 1. The Morgan fingerprint density at radius 3 is 2.74 bits per heavy atom. The number of aromatic hydroxyl groups is 1. The maximum Gasteiger partial charge on any atom is 0.338 e. The maximum atomic E-state index is 11.9. The highest BCUT2D eigenvalue weighted by Crippen LogP contribution is 2.25. The molecular formula is C17H12ClNO3S. The third-order valence-corrected chi connectivity index (χ3v) is 4.27. The monoisotopic (exact) mass is 345 g/mol. The molecule has 2 aromatic carbocycles. The first-order valence-electron chi connectivity index (χ1n) is 6.78. The molecule has 0 aliphatic heterocycles. The molecule has 0 amide bonds. The molecule has 0 unspecified atom stereocenters. The molecule has 0 fully saturated rings. The number of rotatable bonds is 4. The highest BCUT2D eigenvalue weighted by Gasteiger charge is 2.10. The van der Waals surface area contributed by atoms with Crippen molar-refractivity contribution in [1.29, 1.82) is 0 Å². The second kappa shape index (κ2) is 6.81. The Bertz CT molecular complexity index is 830. The van der Waals surface area contributed by atoms with Crippen molar-refractivity contribution in [3.8, 4) is 16.3 Å². The summed E-state index contributed by atoms with van der Waals surface area (Å²) in [5.41, 5.74) is 1.94. The Morgan fingerprint density at radius 2 is 2.00 bits per heavy atom. The molecule has 6 heteroatoms. The average molecular weight is 346 g/mol. The number of esters is 1.